The van der Waals surface area contributed by atoms with Crippen LogP contribution in [0, 0.1) is 0 Å². The Kier molecular flexibility index (Phi) is 3.52. The van der Waals surface area contributed by atoms with Crippen LogP contribution in [0.15, 0.2) is 18.2 Å². The van der Waals surface area contributed by atoms with Gasteiger partial charge in [0, 0.05) is 5.56 Å². The first-order valence-electron chi connectivity index (χ1n) is 6.30. The molecule has 19 heavy (non-hydrogen) atoms. The van der Waals surface area contributed by atoms with Gasteiger partial charge >= 0.3 is 5.97 Å². The molecule has 0 unspecified atom stereocenters. The van der Waals surface area contributed by atoms with Crippen LogP contribution in [0.4, 0.5) is 0 Å². The number of aliphatic hydroxyl groups is 1. The van der Waals surface area contributed by atoms with Crippen molar-refractivity contribution >= 4 is 5.97 Å². The molecule has 0 saturated heterocycles. The van der Waals surface area contributed by atoms with Gasteiger partial charge in [-0.15, -0.1) is 0 Å². The maximum absolute atomic E-state index is 11.7. The van der Waals surface area contributed by atoms with E-state index in [9.17, 15) is 9.90 Å². The molecule has 1 aromatic carbocycles. The molecule has 2 atom stereocenters. The van der Waals surface area contributed by atoms with Gasteiger partial charge in [-0.25, -0.2) is 4.79 Å². The molecule has 5 nitrogen and oxygen atoms in total. The highest BCUT2D eigenvalue weighted by atomic mass is 16.5. The molecule has 0 spiro atoms. The standard InChI is InChI=1S/C14H19NO4/c1-4-18-13(17)8-5-6-10-9(7-8)11(15)12(16)14(2,3)19-10/h5-7,11-12,16H,4,15H2,1-3H3/t11-,12+/m0/s1. The van der Waals surface area contributed by atoms with Gasteiger partial charge in [0.2, 0.25) is 0 Å². The van der Waals surface area contributed by atoms with Crippen molar-refractivity contribution in [2.24, 2.45) is 5.73 Å². The maximum atomic E-state index is 11.7. The first-order chi connectivity index (χ1) is 8.86. The third-order valence-corrected chi connectivity index (χ3v) is 3.31. The number of nitrogens with two attached hydrogens (primary N) is 1. The molecule has 1 heterocycles. The van der Waals surface area contributed by atoms with Crippen molar-refractivity contribution in [2.75, 3.05) is 6.61 Å². The fourth-order valence-electron chi connectivity index (χ4n) is 2.19. The summed E-state index contributed by atoms with van der Waals surface area (Å²) in [5.74, 6) is 0.188. The summed E-state index contributed by atoms with van der Waals surface area (Å²) in [6.07, 6.45) is -0.836. The number of ether oxygens (including phenoxy) is 2. The molecule has 1 aliphatic rings. The van der Waals surface area contributed by atoms with E-state index in [1.54, 1.807) is 39.0 Å². The zero-order valence-electron chi connectivity index (χ0n) is 11.3. The summed E-state index contributed by atoms with van der Waals surface area (Å²) < 4.78 is 10.7. The smallest absolute Gasteiger partial charge is 0.338 e. The van der Waals surface area contributed by atoms with E-state index in [0.29, 0.717) is 23.5 Å². The molecule has 1 aromatic rings. The molecule has 0 aromatic heterocycles. The maximum Gasteiger partial charge on any atom is 0.338 e. The molecule has 0 bridgehead atoms. The van der Waals surface area contributed by atoms with Gasteiger partial charge in [-0.1, -0.05) is 0 Å². The number of carbonyl (C=O) groups is 1. The number of fused-ring (bicyclic) bond motifs is 1. The van der Waals surface area contributed by atoms with Crippen LogP contribution in [-0.4, -0.2) is 29.4 Å². The van der Waals surface area contributed by atoms with Crippen molar-refractivity contribution in [2.45, 2.75) is 38.5 Å². The van der Waals surface area contributed by atoms with Crippen molar-refractivity contribution in [3.05, 3.63) is 29.3 Å². The second kappa shape index (κ2) is 4.83. The van der Waals surface area contributed by atoms with Crippen molar-refractivity contribution in [1.82, 2.24) is 0 Å². The highest BCUT2D eigenvalue weighted by molar-refractivity contribution is 5.90. The summed E-state index contributed by atoms with van der Waals surface area (Å²) in [4.78, 5) is 11.7. The molecular formula is C14H19NO4. The van der Waals surface area contributed by atoms with Crippen LogP contribution in [-0.2, 0) is 4.74 Å². The SMILES string of the molecule is CCOC(=O)c1ccc2c(c1)[C@H](N)[C@@H](O)C(C)(C)O2. The van der Waals surface area contributed by atoms with Crippen LogP contribution >= 0.6 is 0 Å². The van der Waals surface area contributed by atoms with E-state index in [0.717, 1.165) is 0 Å². The van der Waals surface area contributed by atoms with Gasteiger partial charge in [-0.05, 0) is 39.0 Å². The number of hydrogen-bond acceptors (Lipinski definition) is 5. The molecule has 0 aliphatic carbocycles. The Hall–Kier alpha value is -1.59. The van der Waals surface area contributed by atoms with Gasteiger partial charge < -0.3 is 20.3 Å². The van der Waals surface area contributed by atoms with E-state index in [2.05, 4.69) is 0 Å². The van der Waals surface area contributed by atoms with Gasteiger partial charge in [-0.3, -0.25) is 0 Å². The lowest BCUT2D eigenvalue weighted by Gasteiger charge is -2.40. The predicted octanol–water partition coefficient (Wildman–Crippen LogP) is 1.40. The molecule has 3 N–H and O–H groups in total. The first-order valence-corrected chi connectivity index (χ1v) is 6.30. The Morgan fingerprint density at radius 2 is 2.21 bits per heavy atom. The van der Waals surface area contributed by atoms with Gasteiger partial charge in [0.25, 0.3) is 0 Å². The minimum absolute atomic E-state index is 0.314. The van der Waals surface area contributed by atoms with Gasteiger partial charge in [0.05, 0.1) is 18.2 Å². The third kappa shape index (κ3) is 2.43. The van der Waals surface area contributed by atoms with Gasteiger partial charge in [-0.2, -0.15) is 0 Å². The van der Waals surface area contributed by atoms with E-state index in [1.807, 2.05) is 0 Å². The van der Waals surface area contributed by atoms with Crippen LogP contribution < -0.4 is 10.5 Å². The average molecular weight is 265 g/mol. The molecule has 5 heteroatoms. The lowest BCUT2D eigenvalue weighted by atomic mass is 9.86. The molecule has 0 fully saturated rings. The summed E-state index contributed by atoms with van der Waals surface area (Å²) in [7, 11) is 0. The Morgan fingerprint density at radius 1 is 1.53 bits per heavy atom. The van der Waals surface area contributed by atoms with Gasteiger partial charge in [0.15, 0.2) is 0 Å². The second-order valence-corrected chi connectivity index (χ2v) is 5.15. The van der Waals surface area contributed by atoms with E-state index >= 15 is 0 Å². The first kappa shape index (κ1) is 13.8. The predicted molar refractivity (Wildman–Crippen MR) is 70.0 cm³/mol. The number of hydrogen-bond donors (Lipinski definition) is 2. The highest BCUT2D eigenvalue weighted by Gasteiger charge is 2.41. The number of carbonyl (C=O) groups excluding carboxylic acids is 1. The van der Waals surface area contributed by atoms with E-state index in [4.69, 9.17) is 15.2 Å². The second-order valence-electron chi connectivity index (χ2n) is 5.15. The fourth-order valence-corrected chi connectivity index (χ4v) is 2.19. The number of benzene rings is 1. The molecular weight excluding hydrogens is 246 g/mol. The highest BCUT2D eigenvalue weighted by Crippen LogP contribution is 2.38. The topological polar surface area (TPSA) is 81.8 Å². The van der Waals surface area contributed by atoms with E-state index in [1.165, 1.54) is 0 Å². The van der Waals surface area contributed by atoms with Crippen molar-refractivity contribution < 1.29 is 19.4 Å². The fraction of sp³-hybridized carbons (Fsp3) is 0.500. The Morgan fingerprint density at radius 3 is 2.84 bits per heavy atom. The Bertz CT molecular complexity index is 498. The van der Waals surface area contributed by atoms with E-state index < -0.39 is 23.7 Å². The number of aliphatic hydroxyl groups excluding tert-OH is 1. The molecule has 104 valence electrons. The quantitative estimate of drug-likeness (QED) is 0.790. The zero-order valence-corrected chi connectivity index (χ0v) is 11.3. The van der Waals surface area contributed by atoms with Crippen LogP contribution in [0.2, 0.25) is 0 Å². The Balaban J connectivity index is 2.39. The third-order valence-electron chi connectivity index (χ3n) is 3.31. The molecule has 0 radical (unpaired) electrons. The largest absolute Gasteiger partial charge is 0.485 e. The van der Waals surface area contributed by atoms with E-state index in [-0.39, 0.29) is 0 Å². The monoisotopic (exact) mass is 265 g/mol. The lowest BCUT2D eigenvalue weighted by molar-refractivity contribution is -0.0572. The summed E-state index contributed by atoms with van der Waals surface area (Å²) in [6, 6.07) is 4.36. The minimum atomic E-state index is -0.836. The molecule has 0 saturated carbocycles. The normalized spacial score (nSPS) is 24.3. The van der Waals surface area contributed by atoms with Crippen molar-refractivity contribution in [3.63, 3.8) is 0 Å². The zero-order chi connectivity index (χ0) is 14.2. The summed E-state index contributed by atoms with van der Waals surface area (Å²) in [5, 5.41) is 10.1. The van der Waals surface area contributed by atoms with Crippen LogP contribution in [0.1, 0.15) is 42.7 Å². The summed E-state index contributed by atoms with van der Waals surface area (Å²) >= 11 is 0. The Labute approximate surface area is 112 Å². The van der Waals surface area contributed by atoms with Crippen LogP contribution in [0.3, 0.4) is 0 Å². The minimum Gasteiger partial charge on any atom is -0.485 e. The molecule has 1 aliphatic heterocycles. The lowest BCUT2D eigenvalue weighted by Crippen LogP contribution is -2.51. The number of esters is 1. The van der Waals surface area contributed by atoms with Crippen molar-refractivity contribution in [3.8, 4) is 5.75 Å². The van der Waals surface area contributed by atoms with Crippen LogP contribution in [0.5, 0.6) is 5.75 Å². The average Bonchev–Trinajstić information content (AvgIpc) is 2.36. The summed E-state index contributed by atoms with van der Waals surface area (Å²) in [5.41, 5.74) is 6.31. The molecule has 0 amide bonds. The van der Waals surface area contributed by atoms with Gasteiger partial charge in [0.1, 0.15) is 17.5 Å². The molecule has 2 rings (SSSR count). The number of rotatable bonds is 2. The summed E-state index contributed by atoms with van der Waals surface area (Å²) in [6.45, 7) is 5.62. The van der Waals surface area contributed by atoms with Crippen molar-refractivity contribution in [1.29, 1.82) is 0 Å². The van der Waals surface area contributed by atoms with Crippen LogP contribution in [0.25, 0.3) is 0 Å².